The van der Waals surface area contributed by atoms with Crippen molar-refractivity contribution in [3.05, 3.63) is 16.1 Å². The first-order chi connectivity index (χ1) is 7.28. The highest BCUT2D eigenvalue weighted by molar-refractivity contribution is 7.09. The van der Waals surface area contributed by atoms with Crippen molar-refractivity contribution in [1.29, 1.82) is 0 Å². The third-order valence-electron chi connectivity index (χ3n) is 2.36. The Morgan fingerprint density at radius 3 is 2.50 bits per heavy atom. The zero-order valence-corrected chi connectivity index (χ0v) is 11.9. The van der Waals surface area contributed by atoms with E-state index in [1.54, 1.807) is 11.3 Å². The minimum atomic E-state index is 0.102. The standard InChI is InChI=1S/C13H24N2S/c1-9(2)6-10(14)11-8-16-12(15-11)7-13(3,4)5/h8-10H,6-7,14H2,1-5H3. The molecule has 0 aromatic carbocycles. The summed E-state index contributed by atoms with van der Waals surface area (Å²) < 4.78 is 0. The highest BCUT2D eigenvalue weighted by Crippen LogP contribution is 2.26. The Bertz CT molecular complexity index is 323. The van der Waals surface area contributed by atoms with Gasteiger partial charge in [-0.1, -0.05) is 34.6 Å². The van der Waals surface area contributed by atoms with Crippen LogP contribution in [-0.2, 0) is 6.42 Å². The fraction of sp³-hybridized carbons (Fsp3) is 0.769. The molecule has 0 saturated heterocycles. The van der Waals surface area contributed by atoms with Gasteiger partial charge in [0.05, 0.1) is 10.7 Å². The van der Waals surface area contributed by atoms with Gasteiger partial charge in [-0.2, -0.15) is 0 Å². The van der Waals surface area contributed by atoms with Crippen LogP contribution >= 0.6 is 11.3 Å². The second-order valence-corrected chi connectivity index (χ2v) is 7.08. The molecule has 0 fully saturated rings. The van der Waals surface area contributed by atoms with Gasteiger partial charge in [0, 0.05) is 17.8 Å². The maximum atomic E-state index is 6.12. The predicted molar refractivity (Wildman–Crippen MR) is 71.7 cm³/mol. The topological polar surface area (TPSA) is 38.9 Å². The zero-order valence-electron chi connectivity index (χ0n) is 11.1. The van der Waals surface area contributed by atoms with Gasteiger partial charge in [-0.05, 0) is 17.8 Å². The van der Waals surface area contributed by atoms with Gasteiger partial charge in [0.25, 0.3) is 0 Å². The largest absolute Gasteiger partial charge is 0.323 e. The minimum Gasteiger partial charge on any atom is -0.323 e. The molecule has 1 aromatic rings. The Morgan fingerprint density at radius 2 is 2.00 bits per heavy atom. The summed E-state index contributed by atoms with van der Waals surface area (Å²) in [6.45, 7) is 11.1. The lowest BCUT2D eigenvalue weighted by Gasteiger charge is -2.15. The predicted octanol–water partition coefficient (Wildman–Crippen LogP) is 3.78. The van der Waals surface area contributed by atoms with Crippen LogP contribution in [0.5, 0.6) is 0 Å². The van der Waals surface area contributed by atoms with Crippen molar-refractivity contribution < 1.29 is 0 Å². The van der Waals surface area contributed by atoms with Crippen LogP contribution in [0.3, 0.4) is 0 Å². The van der Waals surface area contributed by atoms with Crippen molar-refractivity contribution in [2.45, 2.75) is 53.5 Å². The monoisotopic (exact) mass is 240 g/mol. The lowest BCUT2D eigenvalue weighted by molar-refractivity contribution is 0.409. The Kier molecular flexibility index (Phi) is 4.51. The molecule has 1 aromatic heterocycles. The fourth-order valence-electron chi connectivity index (χ4n) is 1.66. The number of thiazole rings is 1. The smallest absolute Gasteiger partial charge is 0.0934 e. The summed E-state index contributed by atoms with van der Waals surface area (Å²) >= 11 is 1.74. The van der Waals surface area contributed by atoms with E-state index in [4.69, 9.17) is 5.73 Å². The van der Waals surface area contributed by atoms with E-state index in [9.17, 15) is 0 Å². The minimum absolute atomic E-state index is 0.102. The summed E-state index contributed by atoms with van der Waals surface area (Å²) in [6.07, 6.45) is 2.05. The molecule has 0 spiro atoms. The summed E-state index contributed by atoms with van der Waals surface area (Å²) in [7, 11) is 0. The average Bonchev–Trinajstić information content (AvgIpc) is 2.48. The van der Waals surface area contributed by atoms with Gasteiger partial charge in [-0.3, -0.25) is 0 Å². The van der Waals surface area contributed by atoms with Crippen LogP contribution in [0.25, 0.3) is 0 Å². The van der Waals surface area contributed by atoms with Gasteiger partial charge >= 0.3 is 0 Å². The van der Waals surface area contributed by atoms with E-state index in [1.807, 2.05) is 0 Å². The lowest BCUT2D eigenvalue weighted by Crippen LogP contribution is -2.14. The number of aromatic nitrogens is 1. The Hall–Kier alpha value is -0.410. The number of nitrogens with zero attached hydrogens (tertiary/aromatic N) is 1. The molecule has 0 aliphatic heterocycles. The van der Waals surface area contributed by atoms with E-state index in [0.717, 1.165) is 18.5 Å². The Labute approximate surface area is 103 Å². The molecule has 0 aliphatic rings. The molecule has 16 heavy (non-hydrogen) atoms. The van der Waals surface area contributed by atoms with Crippen LogP contribution in [0.2, 0.25) is 0 Å². The molecule has 0 bridgehead atoms. The zero-order chi connectivity index (χ0) is 12.3. The number of hydrogen-bond acceptors (Lipinski definition) is 3. The molecule has 92 valence electrons. The van der Waals surface area contributed by atoms with Gasteiger partial charge in [-0.25, -0.2) is 4.98 Å². The molecular weight excluding hydrogens is 216 g/mol. The number of nitrogens with two attached hydrogens (primary N) is 1. The van der Waals surface area contributed by atoms with Crippen molar-refractivity contribution in [2.75, 3.05) is 0 Å². The fourth-order valence-corrected chi connectivity index (χ4v) is 2.82. The second kappa shape index (κ2) is 5.28. The molecule has 1 unspecified atom stereocenters. The van der Waals surface area contributed by atoms with Gasteiger partial charge in [0.1, 0.15) is 0 Å². The molecule has 2 N–H and O–H groups in total. The summed E-state index contributed by atoms with van der Waals surface area (Å²) in [5.74, 6) is 0.628. The first-order valence-electron chi connectivity index (χ1n) is 5.98. The third-order valence-corrected chi connectivity index (χ3v) is 3.22. The molecule has 2 nitrogen and oxygen atoms in total. The maximum Gasteiger partial charge on any atom is 0.0934 e. The summed E-state index contributed by atoms with van der Waals surface area (Å²) in [4.78, 5) is 4.64. The van der Waals surface area contributed by atoms with E-state index in [1.165, 1.54) is 5.01 Å². The normalized spacial score (nSPS) is 14.4. The Balaban J connectivity index is 2.64. The van der Waals surface area contributed by atoms with Crippen LogP contribution in [0.15, 0.2) is 5.38 Å². The third kappa shape index (κ3) is 4.62. The van der Waals surface area contributed by atoms with Crippen molar-refractivity contribution in [3.63, 3.8) is 0 Å². The molecule has 1 atom stereocenters. The molecule has 0 radical (unpaired) electrons. The highest BCUT2D eigenvalue weighted by atomic mass is 32.1. The van der Waals surface area contributed by atoms with Gasteiger partial charge in [-0.15, -0.1) is 11.3 Å². The number of hydrogen-bond donors (Lipinski definition) is 1. The van der Waals surface area contributed by atoms with E-state index in [-0.39, 0.29) is 6.04 Å². The van der Waals surface area contributed by atoms with Crippen molar-refractivity contribution in [1.82, 2.24) is 4.98 Å². The number of rotatable bonds is 4. The highest BCUT2D eigenvalue weighted by Gasteiger charge is 2.16. The average molecular weight is 240 g/mol. The molecule has 0 amide bonds. The molecule has 0 aliphatic carbocycles. The SMILES string of the molecule is CC(C)CC(N)c1csc(CC(C)(C)C)n1. The van der Waals surface area contributed by atoms with Gasteiger partial charge < -0.3 is 5.73 Å². The van der Waals surface area contributed by atoms with E-state index in [0.29, 0.717) is 11.3 Å². The van der Waals surface area contributed by atoms with E-state index < -0.39 is 0 Å². The van der Waals surface area contributed by atoms with Crippen molar-refractivity contribution >= 4 is 11.3 Å². The van der Waals surface area contributed by atoms with E-state index in [2.05, 4.69) is 45.0 Å². The molecule has 1 heterocycles. The van der Waals surface area contributed by atoms with Gasteiger partial charge in [0.2, 0.25) is 0 Å². The quantitative estimate of drug-likeness (QED) is 0.870. The molecule has 1 rings (SSSR count). The van der Waals surface area contributed by atoms with Crippen molar-refractivity contribution in [2.24, 2.45) is 17.1 Å². The van der Waals surface area contributed by atoms with Crippen LogP contribution in [-0.4, -0.2) is 4.98 Å². The summed E-state index contributed by atoms with van der Waals surface area (Å²) in [5, 5.41) is 3.33. The lowest BCUT2D eigenvalue weighted by atomic mass is 9.93. The second-order valence-electron chi connectivity index (χ2n) is 6.14. The van der Waals surface area contributed by atoms with Crippen molar-refractivity contribution in [3.8, 4) is 0 Å². The van der Waals surface area contributed by atoms with E-state index >= 15 is 0 Å². The molecule has 3 heteroatoms. The summed E-state index contributed by atoms with van der Waals surface area (Å²) in [6, 6.07) is 0.102. The van der Waals surface area contributed by atoms with Crippen LogP contribution in [0.4, 0.5) is 0 Å². The molecule has 0 saturated carbocycles. The van der Waals surface area contributed by atoms with Crippen LogP contribution in [0.1, 0.15) is 57.8 Å². The molecular formula is C13H24N2S. The van der Waals surface area contributed by atoms with Gasteiger partial charge in [0.15, 0.2) is 0 Å². The summed E-state index contributed by atoms with van der Waals surface area (Å²) in [5.41, 5.74) is 7.49. The Morgan fingerprint density at radius 1 is 1.38 bits per heavy atom. The van der Waals surface area contributed by atoms with Crippen LogP contribution < -0.4 is 5.73 Å². The maximum absolute atomic E-state index is 6.12. The first-order valence-corrected chi connectivity index (χ1v) is 6.86. The van der Waals surface area contributed by atoms with Crippen LogP contribution in [0, 0.1) is 11.3 Å². The first kappa shape index (κ1) is 13.7.